The number of amides is 1. The van der Waals surface area contributed by atoms with Crippen LogP contribution >= 0.6 is 0 Å². The number of nitrogens with zero attached hydrogens (tertiary/aromatic N) is 1. The van der Waals surface area contributed by atoms with Gasteiger partial charge in [-0.1, -0.05) is 20.8 Å². The Morgan fingerprint density at radius 2 is 2.24 bits per heavy atom. The van der Waals surface area contributed by atoms with Gasteiger partial charge in [0.2, 0.25) is 0 Å². The van der Waals surface area contributed by atoms with Crippen molar-refractivity contribution in [3.8, 4) is 5.75 Å². The quantitative estimate of drug-likeness (QED) is 0.728. The van der Waals surface area contributed by atoms with Crippen molar-refractivity contribution >= 4 is 5.91 Å². The first-order valence-electron chi connectivity index (χ1n) is 5.51. The fraction of sp³-hybridized carbons (Fsp3) is 0.500. The number of carbonyl (C=O) groups excluding carboxylic acids is 1. The van der Waals surface area contributed by atoms with Crippen molar-refractivity contribution in [1.82, 2.24) is 10.3 Å². The van der Waals surface area contributed by atoms with Gasteiger partial charge in [0.1, 0.15) is 5.75 Å². The smallest absolute Gasteiger partial charge is 0.274 e. The normalized spacial score (nSPS) is 13.2. The van der Waals surface area contributed by atoms with Crippen molar-refractivity contribution in [2.24, 2.45) is 11.1 Å². The van der Waals surface area contributed by atoms with E-state index in [-0.39, 0.29) is 22.9 Å². The van der Waals surface area contributed by atoms with Gasteiger partial charge in [0.15, 0.2) is 5.69 Å². The van der Waals surface area contributed by atoms with Crippen LogP contribution in [0.3, 0.4) is 0 Å². The Kier molecular flexibility index (Phi) is 4.07. The van der Waals surface area contributed by atoms with Crippen molar-refractivity contribution < 1.29 is 9.90 Å². The average Bonchev–Trinajstić information content (AvgIpc) is 2.24. The number of hydrogen-bond acceptors (Lipinski definition) is 4. The molecule has 0 saturated heterocycles. The predicted molar refractivity (Wildman–Crippen MR) is 65.7 cm³/mol. The third-order valence-electron chi connectivity index (χ3n) is 2.59. The summed E-state index contributed by atoms with van der Waals surface area (Å²) in [6.45, 7) is 6.30. The Hall–Kier alpha value is -1.62. The maximum Gasteiger partial charge on any atom is 0.274 e. The lowest BCUT2D eigenvalue weighted by Crippen LogP contribution is -2.48. The predicted octanol–water partition coefficient (Wildman–Crippen LogP) is 0.890. The molecule has 0 fully saturated rings. The van der Waals surface area contributed by atoms with E-state index < -0.39 is 5.91 Å². The molecule has 17 heavy (non-hydrogen) atoms. The van der Waals surface area contributed by atoms with E-state index in [1.165, 1.54) is 12.3 Å². The van der Waals surface area contributed by atoms with E-state index in [0.717, 1.165) is 0 Å². The number of nitrogens with one attached hydrogen (secondary N) is 1. The van der Waals surface area contributed by atoms with E-state index in [1.54, 1.807) is 6.07 Å². The molecule has 0 saturated carbocycles. The van der Waals surface area contributed by atoms with Gasteiger partial charge in [0, 0.05) is 18.8 Å². The zero-order valence-corrected chi connectivity index (χ0v) is 10.4. The zero-order valence-electron chi connectivity index (χ0n) is 10.4. The number of pyridine rings is 1. The third-order valence-corrected chi connectivity index (χ3v) is 2.59. The number of aromatic nitrogens is 1. The number of nitrogens with two attached hydrogens (primary N) is 1. The molecular weight excluding hydrogens is 218 g/mol. The molecule has 5 heteroatoms. The first-order chi connectivity index (χ1) is 7.86. The SMILES string of the molecule is CC(C)(C)C(CN)NC(=O)c1ncccc1O. The molecule has 0 aliphatic carbocycles. The van der Waals surface area contributed by atoms with Crippen LogP contribution in [0, 0.1) is 5.41 Å². The molecule has 1 aromatic rings. The second-order valence-corrected chi connectivity index (χ2v) is 5.00. The van der Waals surface area contributed by atoms with Gasteiger partial charge in [-0.15, -0.1) is 0 Å². The lowest BCUT2D eigenvalue weighted by molar-refractivity contribution is 0.0897. The molecule has 1 rings (SSSR count). The minimum atomic E-state index is -0.409. The molecule has 1 unspecified atom stereocenters. The van der Waals surface area contributed by atoms with Crippen molar-refractivity contribution in [3.05, 3.63) is 24.0 Å². The highest BCUT2D eigenvalue weighted by Gasteiger charge is 2.26. The Bertz CT molecular complexity index is 399. The topological polar surface area (TPSA) is 88.2 Å². The molecule has 1 atom stereocenters. The standard InChI is InChI=1S/C12H19N3O2/c1-12(2,3)9(7-13)15-11(17)10-8(16)5-4-6-14-10/h4-6,9,16H,7,13H2,1-3H3,(H,15,17). The van der Waals surface area contributed by atoms with Crippen LogP contribution in [0.5, 0.6) is 5.75 Å². The minimum Gasteiger partial charge on any atom is -0.505 e. The summed E-state index contributed by atoms with van der Waals surface area (Å²) in [7, 11) is 0. The highest BCUT2D eigenvalue weighted by atomic mass is 16.3. The molecule has 0 aliphatic heterocycles. The van der Waals surface area contributed by atoms with Crippen LogP contribution < -0.4 is 11.1 Å². The first kappa shape index (κ1) is 13.4. The van der Waals surface area contributed by atoms with Crippen LogP contribution in [0.4, 0.5) is 0 Å². The molecule has 0 aliphatic rings. The zero-order chi connectivity index (χ0) is 13.1. The van der Waals surface area contributed by atoms with E-state index in [9.17, 15) is 9.90 Å². The summed E-state index contributed by atoms with van der Waals surface area (Å²) < 4.78 is 0. The Morgan fingerprint density at radius 3 is 2.71 bits per heavy atom. The number of hydrogen-bond donors (Lipinski definition) is 3. The largest absolute Gasteiger partial charge is 0.505 e. The van der Waals surface area contributed by atoms with Crippen molar-refractivity contribution in [3.63, 3.8) is 0 Å². The van der Waals surface area contributed by atoms with Crippen LogP contribution in [0.2, 0.25) is 0 Å². The van der Waals surface area contributed by atoms with E-state index in [0.29, 0.717) is 6.54 Å². The van der Waals surface area contributed by atoms with Gasteiger partial charge in [0.05, 0.1) is 0 Å². The first-order valence-corrected chi connectivity index (χ1v) is 5.51. The second kappa shape index (κ2) is 5.14. The fourth-order valence-electron chi connectivity index (χ4n) is 1.43. The summed E-state index contributed by atoms with van der Waals surface area (Å²) in [4.78, 5) is 15.7. The molecule has 1 aromatic heterocycles. The molecule has 0 bridgehead atoms. The minimum absolute atomic E-state index is 0.0233. The summed E-state index contributed by atoms with van der Waals surface area (Å²) in [5, 5.41) is 12.3. The van der Waals surface area contributed by atoms with E-state index in [1.807, 2.05) is 20.8 Å². The van der Waals surface area contributed by atoms with Crippen LogP contribution in [0.25, 0.3) is 0 Å². The van der Waals surface area contributed by atoms with E-state index in [2.05, 4.69) is 10.3 Å². The van der Waals surface area contributed by atoms with Gasteiger partial charge in [-0.2, -0.15) is 0 Å². The summed E-state index contributed by atoms with van der Waals surface area (Å²) in [6, 6.07) is 2.82. The van der Waals surface area contributed by atoms with Crippen molar-refractivity contribution in [2.45, 2.75) is 26.8 Å². The molecule has 1 heterocycles. The van der Waals surface area contributed by atoms with E-state index >= 15 is 0 Å². The third kappa shape index (κ3) is 3.42. The Labute approximate surface area is 101 Å². The lowest BCUT2D eigenvalue weighted by atomic mass is 9.86. The van der Waals surface area contributed by atoms with Crippen LogP contribution in [0.15, 0.2) is 18.3 Å². The summed E-state index contributed by atoms with van der Waals surface area (Å²) in [5.41, 5.74) is 5.50. The summed E-state index contributed by atoms with van der Waals surface area (Å²) in [6.07, 6.45) is 1.46. The molecule has 1 amide bonds. The molecule has 5 nitrogen and oxygen atoms in total. The molecular formula is C12H19N3O2. The number of rotatable bonds is 3. The Morgan fingerprint density at radius 1 is 1.59 bits per heavy atom. The summed E-state index contributed by atoms with van der Waals surface area (Å²) in [5.74, 6) is -0.539. The van der Waals surface area contributed by atoms with Gasteiger partial charge < -0.3 is 16.2 Å². The number of carbonyl (C=O) groups is 1. The number of aromatic hydroxyl groups is 1. The highest BCUT2D eigenvalue weighted by molar-refractivity contribution is 5.94. The fourth-order valence-corrected chi connectivity index (χ4v) is 1.43. The molecule has 94 valence electrons. The summed E-state index contributed by atoms with van der Waals surface area (Å²) >= 11 is 0. The van der Waals surface area contributed by atoms with Gasteiger partial charge in [0.25, 0.3) is 5.91 Å². The van der Waals surface area contributed by atoms with Crippen LogP contribution in [0.1, 0.15) is 31.3 Å². The average molecular weight is 237 g/mol. The maximum absolute atomic E-state index is 11.9. The Balaban J connectivity index is 2.83. The van der Waals surface area contributed by atoms with Crippen LogP contribution in [-0.2, 0) is 0 Å². The van der Waals surface area contributed by atoms with Crippen molar-refractivity contribution in [1.29, 1.82) is 0 Å². The van der Waals surface area contributed by atoms with Gasteiger partial charge in [-0.25, -0.2) is 4.98 Å². The maximum atomic E-state index is 11.9. The van der Waals surface area contributed by atoms with Crippen LogP contribution in [-0.4, -0.2) is 28.6 Å². The molecule has 0 radical (unpaired) electrons. The van der Waals surface area contributed by atoms with Gasteiger partial charge in [-0.3, -0.25) is 4.79 Å². The lowest BCUT2D eigenvalue weighted by Gasteiger charge is -2.30. The van der Waals surface area contributed by atoms with Gasteiger partial charge in [-0.05, 0) is 17.5 Å². The highest BCUT2D eigenvalue weighted by Crippen LogP contribution is 2.19. The second-order valence-electron chi connectivity index (χ2n) is 5.00. The molecule has 0 aromatic carbocycles. The van der Waals surface area contributed by atoms with Gasteiger partial charge >= 0.3 is 0 Å². The van der Waals surface area contributed by atoms with Crippen molar-refractivity contribution in [2.75, 3.05) is 6.54 Å². The monoisotopic (exact) mass is 237 g/mol. The molecule has 0 spiro atoms. The molecule has 4 N–H and O–H groups in total. The van der Waals surface area contributed by atoms with E-state index in [4.69, 9.17) is 5.73 Å².